The number of nitrogens with zero attached hydrogens (tertiary/aromatic N) is 7. The van der Waals surface area contributed by atoms with Crippen molar-refractivity contribution >= 4 is 11.4 Å². The van der Waals surface area contributed by atoms with E-state index in [1.165, 1.54) is 4.57 Å². The SMILES string of the molecule is CN1CCC(c2cc(-c3ccncc3)c(N)c(=O)n2C)CC1.CN1CCC(c2cc(-c3ccncc3)c([N+](=O)[O-])c(=O)n2C)CC1. The van der Waals surface area contributed by atoms with Crippen LogP contribution in [0.5, 0.6) is 0 Å². The molecule has 0 saturated carbocycles. The lowest BCUT2D eigenvalue weighted by Crippen LogP contribution is -2.32. The van der Waals surface area contributed by atoms with Crippen molar-refractivity contribution in [2.24, 2.45) is 14.1 Å². The van der Waals surface area contributed by atoms with Crippen LogP contribution in [-0.4, -0.2) is 74.1 Å². The maximum Gasteiger partial charge on any atom is 0.341 e. The Bertz CT molecular complexity index is 1790. The third kappa shape index (κ3) is 6.92. The third-order valence-electron chi connectivity index (χ3n) is 9.39. The van der Waals surface area contributed by atoms with Crippen LogP contribution in [-0.2, 0) is 14.1 Å². The minimum Gasteiger partial charge on any atom is -0.394 e. The van der Waals surface area contributed by atoms with Crippen molar-refractivity contribution in [3.63, 3.8) is 0 Å². The van der Waals surface area contributed by atoms with Gasteiger partial charge in [-0.3, -0.25) is 29.7 Å². The lowest BCUT2D eigenvalue weighted by Gasteiger charge is -2.30. The Labute approximate surface area is 268 Å². The van der Waals surface area contributed by atoms with Crippen molar-refractivity contribution in [2.75, 3.05) is 46.0 Å². The fourth-order valence-corrected chi connectivity index (χ4v) is 6.53. The van der Waals surface area contributed by atoms with Gasteiger partial charge in [-0.15, -0.1) is 0 Å². The minimum atomic E-state index is -0.587. The monoisotopic (exact) mass is 626 g/mol. The molecule has 6 rings (SSSR count). The Morgan fingerprint density at radius 3 is 1.52 bits per heavy atom. The van der Waals surface area contributed by atoms with Gasteiger partial charge in [0.25, 0.3) is 5.56 Å². The third-order valence-corrected chi connectivity index (χ3v) is 9.39. The van der Waals surface area contributed by atoms with Crippen molar-refractivity contribution in [3.8, 4) is 22.3 Å². The molecule has 0 aliphatic carbocycles. The van der Waals surface area contributed by atoms with E-state index < -0.39 is 10.5 Å². The number of rotatable bonds is 5. The predicted molar refractivity (Wildman–Crippen MR) is 180 cm³/mol. The minimum absolute atomic E-state index is 0.108. The molecule has 0 bridgehead atoms. The molecule has 0 unspecified atom stereocenters. The number of anilines is 1. The average Bonchev–Trinajstić information content (AvgIpc) is 3.07. The van der Waals surface area contributed by atoms with E-state index in [-0.39, 0.29) is 17.2 Å². The van der Waals surface area contributed by atoms with E-state index in [9.17, 15) is 19.7 Å². The number of pyridine rings is 4. The summed E-state index contributed by atoms with van der Waals surface area (Å²) in [4.78, 5) is 48.6. The van der Waals surface area contributed by atoms with E-state index >= 15 is 0 Å². The summed E-state index contributed by atoms with van der Waals surface area (Å²) >= 11 is 0. The summed E-state index contributed by atoms with van der Waals surface area (Å²) in [6, 6.07) is 11.1. The molecule has 0 aromatic carbocycles. The van der Waals surface area contributed by atoms with Crippen LogP contribution in [0.4, 0.5) is 11.4 Å². The van der Waals surface area contributed by atoms with E-state index in [0.29, 0.717) is 22.7 Å². The van der Waals surface area contributed by atoms with Gasteiger partial charge in [-0.1, -0.05) is 0 Å². The summed E-state index contributed by atoms with van der Waals surface area (Å²) in [5.41, 5.74) is 10.1. The Morgan fingerprint density at radius 1 is 0.696 bits per heavy atom. The average molecular weight is 627 g/mol. The summed E-state index contributed by atoms with van der Waals surface area (Å²) in [7, 11) is 7.66. The number of hydrogen-bond acceptors (Lipinski definition) is 9. The van der Waals surface area contributed by atoms with E-state index in [0.717, 1.165) is 74.4 Å². The van der Waals surface area contributed by atoms with E-state index in [2.05, 4.69) is 39.9 Å². The highest BCUT2D eigenvalue weighted by molar-refractivity contribution is 5.76. The number of likely N-dealkylation sites (tertiary alicyclic amines) is 2. The fourth-order valence-electron chi connectivity index (χ4n) is 6.53. The lowest BCUT2D eigenvalue weighted by atomic mass is 9.91. The number of nitrogen functional groups attached to an aromatic ring is 1. The summed E-state index contributed by atoms with van der Waals surface area (Å²) in [5, 5.41) is 11.5. The quantitative estimate of drug-likeness (QED) is 0.257. The van der Waals surface area contributed by atoms with Gasteiger partial charge in [-0.05, 0) is 113 Å². The molecule has 2 saturated heterocycles. The predicted octanol–water partition coefficient (Wildman–Crippen LogP) is 4.00. The molecule has 2 fully saturated rings. The fraction of sp³-hybridized carbons (Fsp3) is 0.412. The molecule has 0 atom stereocenters. The smallest absolute Gasteiger partial charge is 0.341 e. The zero-order valence-corrected chi connectivity index (χ0v) is 26.9. The van der Waals surface area contributed by atoms with E-state index in [1.807, 2.05) is 25.2 Å². The molecular formula is C34H42N8O4. The summed E-state index contributed by atoms with van der Waals surface area (Å²) in [6.45, 7) is 4.04. The highest BCUT2D eigenvalue weighted by Gasteiger charge is 2.28. The van der Waals surface area contributed by atoms with Gasteiger partial charge in [0.2, 0.25) is 0 Å². The number of hydrogen-bond donors (Lipinski definition) is 1. The van der Waals surface area contributed by atoms with Crippen molar-refractivity contribution in [1.29, 1.82) is 0 Å². The number of nitrogens with two attached hydrogens (primary N) is 1. The van der Waals surface area contributed by atoms with Crippen molar-refractivity contribution < 1.29 is 4.92 Å². The Hall–Kier alpha value is -4.68. The molecule has 0 radical (unpaired) electrons. The largest absolute Gasteiger partial charge is 0.394 e. The van der Waals surface area contributed by atoms with Gasteiger partial charge in [0.15, 0.2) is 0 Å². The summed E-state index contributed by atoms with van der Waals surface area (Å²) in [6.07, 6.45) is 10.6. The highest BCUT2D eigenvalue weighted by atomic mass is 16.6. The van der Waals surface area contributed by atoms with Gasteiger partial charge in [-0.25, -0.2) is 0 Å². The van der Waals surface area contributed by atoms with Crippen LogP contribution in [0.1, 0.15) is 48.9 Å². The molecule has 2 aliphatic rings. The second-order valence-electron chi connectivity index (χ2n) is 12.3. The van der Waals surface area contributed by atoms with Crippen LogP contribution in [0.3, 0.4) is 0 Å². The molecule has 2 aliphatic heterocycles. The molecule has 0 spiro atoms. The Balaban J connectivity index is 0.000000182. The Kier molecular flexibility index (Phi) is 10.1. The Morgan fingerprint density at radius 2 is 1.09 bits per heavy atom. The van der Waals surface area contributed by atoms with Gasteiger partial charge in [0.1, 0.15) is 5.69 Å². The van der Waals surface area contributed by atoms with E-state index in [4.69, 9.17) is 5.73 Å². The zero-order chi connectivity index (χ0) is 33.0. The number of piperidine rings is 2. The van der Waals surface area contributed by atoms with Crippen molar-refractivity contribution in [1.82, 2.24) is 28.9 Å². The first-order valence-corrected chi connectivity index (χ1v) is 15.6. The highest BCUT2D eigenvalue weighted by Crippen LogP contribution is 2.34. The molecule has 0 amide bonds. The molecule has 2 N–H and O–H groups in total. The van der Waals surface area contributed by atoms with Crippen molar-refractivity contribution in [3.05, 3.63) is 103 Å². The van der Waals surface area contributed by atoms with Crippen LogP contribution < -0.4 is 16.9 Å². The number of nitro groups is 1. The second-order valence-corrected chi connectivity index (χ2v) is 12.3. The molecule has 12 heteroatoms. The van der Waals surface area contributed by atoms with Crippen LogP contribution in [0, 0.1) is 10.1 Å². The van der Waals surface area contributed by atoms with Crippen LogP contribution in [0.2, 0.25) is 0 Å². The molecule has 4 aromatic rings. The summed E-state index contributed by atoms with van der Waals surface area (Å²) in [5.74, 6) is 0.648. The molecular weight excluding hydrogens is 584 g/mol. The maximum atomic E-state index is 12.6. The van der Waals surface area contributed by atoms with Crippen LogP contribution in [0.15, 0.2) is 70.8 Å². The van der Waals surface area contributed by atoms with Crippen LogP contribution in [0.25, 0.3) is 22.3 Å². The molecule has 4 aromatic heterocycles. The van der Waals surface area contributed by atoms with Crippen molar-refractivity contribution in [2.45, 2.75) is 37.5 Å². The second kappa shape index (κ2) is 14.2. The number of aromatic nitrogens is 4. The van der Waals surface area contributed by atoms with Gasteiger partial charge >= 0.3 is 11.2 Å². The first kappa shape index (κ1) is 32.7. The molecule has 46 heavy (non-hydrogen) atoms. The maximum absolute atomic E-state index is 12.6. The first-order valence-electron chi connectivity index (χ1n) is 15.6. The lowest BCUT2D eigenvalue weighted by molar-refractivity contribution is -0.385. The van der Waals surface area contributed by atoms with Crippen LogP contribution >= 0.6 is 0 Å². The normalized spacial score (nSPS) is 16.5. The first-order chi connectivity index (χ1) is 22.1. The zero-order valence-electron chi connectivity index (χ0n) is 26.9. The molecule has 6 heterocycles. The molecule has 242 valence electrons. The van der Waals surface area contributed by atoms with Gasteiger partial charge in [0.05, 0.1) is 10.5 Å². The van der Waals surface area contributed by atoms with Gasteiger partial charge in [-0.2, -0.15) is 0 Å². The van der Waals surface area contributed by atoms with Gasteiger partial charge in [0, 0.05) is 67.7 Å². The van der Waals surface area contributed by atoms with E-state index in [1.54, 1.807) is 48.5 Å². The topological polar surface area (TPSA) is 145 Å². The summed E-state index contributed by atoms with van der Waals surface area (Å²) < 4.78 is 3.16. The van der Waals surface area contributed by atoms with Gasteiger partial charge < -0.3 is 24.7 Å². The standard InChI is InChI=1S/C17H20N4O3.C17H22N4O/c1-19-9-5-13(6-10-19)15-11-14(12-3-7-18-8-4-12)16(21(23)24)17(22)20(15)2;1-20-9-5-13(6-10-20)15-11-14(12-3-7-19-8-4-12)16(18)17(22)21(15)2/h3-4,7-8,11,13H,5-6,9-10H2,1-2H3;3-4,7-8,11,13H,5-6,9-10,18H2,1-2H3. The molecule has 12 nitrogen and oxygen atoms in total.